The smallest absolute Gasteiger partial charge is 0.344 e. The molecule has 2 aliphatic rings. The van der Waals surface area contributed by atoms with Gasteiger partial charge in [-0.15, -0.1) is 0 Å². The Morgan fingerprint density at radius 3 is 2.70 bits per heavy atom. The molecular weight excluding hydrogens is 318 g/mol. The predicted octanol–water partition coefficient (Wildman–Crippen LogP) is 4.23. The number of halogens is 1. The van der Waals surface area contributed by atoms with Crippen molar-refractivity contribution < 1.29 is 19.5 Å². The van der Waals surface area contributed by atoms with E-state index in [-0.39, 0.29) is 17.9 Å². The van der Waals surface area contributed by atoms with Gasteiger partial charge in [-0.1, -0.05) is 37.2 Å². The molecule has 23 heavy (non-hydrogen) atoms. The van der Waals surface area contributed by atoms with Crippen LogP contribution in [0.25, 0.3) is 0 Å². The van der Waals surface area contributed by atoms with Crippen molar-refractivity contribution in [1.29, 1.82) is 0 Å². The van der Waals surface area contributed by atoms with Crippen LogP contribution in [0.2, 0.25) is 0 Å². The number of ether oxygens (including phenoxy) is 1. The predicted molar refractivity (Wildman–Crippen MR) is 89.4 cm³/mol. The van der Waals surface area contributed by atoms with Gasteiger partial charge in [0.05, 0.1) is 10.7 Å². The molecule has 2 rings (SSSR count). The minimum Gasteiger partial charge on any atom is -0.511 e. The van der Waals surface area contributed by atoms with Crippen molar-refractivity contribution in [3.63, 3.8) is 0 Å². The van der Waals surface area contributed by atoms with E-state index in [1.54, 1.807) is 0 Å². The second kappa shape index (κ2) is 7.39. The highest BCUT2D eigenvalue weighted by atomic mass is 35.5. The van der Waals surface area contributed by atoms with Crippen LogP contribution in [-0.4, -0.2) is 29.0 Å². The quantitative estimate of drug-likeness (QED) is 0.461. The van der Waals surface area contributed by atoms with Crippen molar-refractivity contribution in [2.45, 2.75) is 58.0 Å². The molecule has 0 aromatic rings. The van der Waals surface area contributed by atoms with Crippen LogP contribution in [0.1, 0.15) is 52.4 Å². The van der Waals surface area contributed by atoms with Crippen molar-refractivity contribution in [2.75, 3.05) is 6.61 Å². The molecule has 1 fully saturated rings. The fourth-order valence-corrected chi connectivity index (χ4v) is 3.16. The van der Waals surface area contributed by atoms with Crippen LogP contribution in [0.4, 0.5) is 0 Å². The van der Waals surface area contributed by atoms with Gasteiger partial charge in [-0.2, -0.15) is 0 Å². The zero-order valence-electron chi connectivity index (χ0n) is 13.7. The fraction of sp³-hybridized carbons (Fsp3) is 0.647. The summed E-state index contributed by atoms with van der Waals surface area (Å²) in [6, 6.07) is 0. The Morgan fingerprint density at radius 1 is 1.52 bits per heavy atom. The molecule has 0 bridgehead atoms. The Labute approximate surface area is 142 Å². The summed E-state index contributed by atoms with van der Waals surface area (Å²) in [5.74, 6) is 0.165. The molecule has 0 atom stereocenters. The molecule has 0 saturated heterocycles. The molecule has 0 amide bonds. The Kier molecular flexibility index (Phi) is 5.74. The minimum atomic E-state index is -0.554. The normalized spacial score (nSPS) is 28.7. The topological polar surface area (TPSA) is 68.1 Å². The summed E-state index contributed by atoms with van der Waals surface area (Å²) in [5, 5.41) is 14.6. The molecule has 6 heteroatoms. The zero-order valence-corrected chi connectivity index (χ0v) is 14.5. The molecule has 0 aromatic heterocycles. The summed E-state index contributed by atoms with van der Waals surface area (Å²) in [6.45, 7) is 7.58. The third kappa shape index (κ3) is 4.28. The van der Waals surface area contributed by atoms with Crippen LogP contribution in [0, 0.1) is 5.92 Å². The Bertz CT molecular complexity index is 545. The highest BCUT2D eigenvalue weighted by molar-refractivity contribution is 6.29. The highest BCUT2D eigenvalue weighted by Gasteiger charge is 2.44. The van der Waals surface area contributed by atoms with Crippen LogP contribution in [0.15, 0.2) is 28.1 Å². The number of aliphatic hydroxyl groups is 1. The third-order valence-corrected chi connectivity index (χ3v) is 4.61. The van der Waals surface area contributed by atoms with E-state index in [4.69, 9.17) is 21.2 Å². The number of rotatable bonds is 5. The molecule has 0 unspecified atom stereocenters. The summed E-state index contributed by atoms with van der Waals surface area (Å²) < 4.78 is 5.72. The lowest BCUT2D eigenvalue weighted by atomic mass is 9.75. The molecule has 5 nitrogen and oxygen atoms in total. The Hall–Kier alpha value is -1.49. The number of nitrogens with zero attached hydrogens (tertiary/aromatic N) is 1. The van der Waals surface area contributed by atoms with Crippen LogP contribution < -0.4 is 0 Å². The van der Waals surface area contributed by atoms with E-state index in [1.807, 2.05) is 6.92 Å². The lowest BCUT2D eigenvalue weighted by Crippen LogP contribution is -2.44. The Balaban J connectivity index is 2.18. The molecule has 0 aromatic carbocycles. The molecule has 1 aliphatic heterocycles. The number of carbonyl (C=O) groups is 1. The van der Waals surface area contributed by atoms with Crippen LogP contribution >= 0.6 is 11.6 Å². The van der Waals surface area contributed by atoms with Gasteiger partial charge in [0, 0.05) is 6.42 Å². The number of hydrogen-bond acceptors (Lipinski definition) is 5. The maximum atomic E-state index is 12.4. The maximum Gasteiger partial charge on any atom is 0.344 e. The van der Waals surface area contributed by atoms with E-state index in [0.717, 1.165) is 25.7 Å². The third-order valence-electron chi connectivity index (χ3n) is 4.50. The van der Waals surface area contributed by atoms with Crippen molar-refractivity contribution in [1.82, 2.24) is 0 Å². The summed E-state index contributed by atoms with van der Waals surface area (Å²) in [6.07, 6.45) is 4.38. The van der Waals surface area contributed by atoms with Gasteiger partial charge >= 0.3 is 5.97 Å². The molecule has 0 radical (unpaired) electrons. The second-order valence-corrected chi connectivity index (χ2v) is 6.97. The van der Waals surface area contributed by atoms with E-state index in [2.05, 4.69) is 18.7 Å². The highest BCUT2D eigenvalue weighted by Crippen LogP contribution is 2.42. The summed E-state index contributed by atoms with van der Waals surface area (Å²) in [5.41, 5.74) is -0.0669. The largest absolute Gasteiger partial charge is 0.511 e. The number of esters is 1. The van der Waals surface area contributed by atoms with E-state index in [9.17, 15) is 9.90 Å². The molecule has 1 N–H and O–H groups in total. The van der Waals surface area contributed by atoms with Gasteiger partial charge in [-0.05, 0) is 38.0 Å². The standard InChI is InChI=1S/C17H24ClNO4/c1-4-13(19-22-10-12(3)18)15-14(20)9-17(23-16(15)21)7-5-11(2)6-8-17/h11,20H,3-10H2,1-2H3/b19-13+. The molecule has 1 heterocycles. The molecular formula is C17H24ClNO4. The second-order valence-electron chi connectivity index (χ2n) is 6.44. The van der Waals surface area contributed by atoms with Crippen molar-refractivity contribution >= 4 is 23.3 Å². The van der Waals surface area contributed by atoms with Gasteiger partial charge in [0.1, 0.15) is 16.9 Å². The molecule has 1 aliphatic carbocycles. The first-order valence-corrected chi connectivity index (χ1v) is 8.42. The molecule has 128 valence electrons. The first-order valence-electron chi connectivity index (χ1n) is 8.05. The van der Waals surface area contributed by atoms with Crippen LogP contribution in [-0.2, 0) is 14.4 Å². The van der Waals surface area contributed by atoms with E-state index in [1.165, 1.54) is 0 Å². The summed E-state index contributed by atoms with van der Waals surface area (Å²) in [7, 11) is 0. The van der Waals surface area contributed by atoms with Gasteiger partial charge in [-0.3, -0.25) is 0 Å². The first kappa shape index (κ1) is 17.9. The van der Waals surface area contributed by atoms with Crippen LogP contribution in [0.5, 0.6) is 0 Å². The van der Waals surface area contributed by atoms with E-state index >= 15 is 0 Å². The van der Waals surface area contributed by atoms with Gasteiger partial charge in [0.25, 0.3) is 0 Å². The van der Waals surface area contributed by atoms with Crippen molar-refractivity contribution in [2.24, 2.45) is 11.1 Å². The monoisotopic (exact) mass is 341 g/mol. The molecule has 1 spiro atoms. The van der Waals surface area contributed by atoms with E-state index < -0.39 is 11.6 Å². The van der Waals surface area contributed by atoms with Gasteiger partial charge < -0.3 is 14.7 Å². The zero-order chi connectivity index (χ0) is 17.0. The SMILES string of the molecule is C=C(Cl)CO/N=C(\CC)C1=C(O)CC2(CCC(C)CC2)OC1=O. The molecule has 1 saturated carbocycles. The van der Waals surface area contributed by atoms with Gasteiger partial charge in [0.2, 0.25) is 0 Å². The fourth-order valence-electron chi connectivity index (χ4n) is 3.11. The van der Waals surface area contributed by atoms with Crippen molar-refractivity contribution in [3.05, 3.63) is 22.9 Å². The van der Waals surface area contributed by atoms with Gasteiger partial charge in [0.15, 0.2) is 6.61 Å². The first-order chi connectivity index (χ1) is 10.9. The lowest BCUT2D eigenvalue weighted by Gasteiger charge is -2.41. The lowest BCUT2D eigenvalue weighted by molar-refractivity contribution is -0.162. The average molecular weight is 342 g/mol. The summed E-state index contributed by atoms with van der Waals surface area (Å²) >= 11 is 5.61. The van der Waals surface area contributed by atoms with E-state index in [0.29, 0.717) is 29.5 Å². The minimum absolute atomic E-state index is 0.0460. The van der Waals surface area contributed by atoms with Crippen LogP contribution in [0.3, 0.4) is 0 Å². The Morgan fingerprint density at radius 2 is 2.17 bits per heavy atom. The average Bonchev–Trinajstić information content (AvgIpc) is 2.48. The van der Waals surface area contributed by atoms with Crippen molar-refractivity contribution in [3.8, 4) is 0 Å². The number of aliphatic hydroxyl groups excluding tert-OH is 1. The number of oxime groups is 1. The summed E-state index contributed by atoms with van der Waals surface area (Å²) in [4.78, 5) is 17.5. The van der Waals surface area contributed by atoms with Gasteiger partial charge in [-0.25, -0.2) is 4.79 Å². The number of carbonyl (C=O) groups excluding carboxylic acids is 1. The maximum absolute atomic E-state index is 12.4. The number of hydrogen-bond donors (Lipinski definition) is 1.